The molecule has 1 atom stereocenters. The SMILES string of the molecule is Cc1cc(F)ccc1C(Cc1ccco1)NN. The molecule has 0 fully saturated rings. The standard InChI is InChI=1S/C13H15FN2O/c1-9-7-10(14)4-5-12(9)13(16-15)8-11-3-2-6-17-11/h2-7,13,16H,8,15H2,1H3. The maximum Gasteiger partial charge on any atom is 0.123 e. The van der Waals surface area contributed by atoms with Gasteiger partial charge >= 0.3 is 0 Å². The molecule has 0 radical (unpaired) electrons. The summed E-state index contributed by atoms with van der Waals surface area (Å²) in [5.41, 5.74) is 4.59. The summed E-state index contributed by atoms with van der Waals surface area (Å²) in [5.74, 6) is 6.15. The van der Waals surface area contributed by atoms with E-state index >= 15 is 0 Å². The Morgan fingerprint density at radius 2 is 2.24 bits per heavy atom. The lowest BCUT2D eigenvalue weighted by Crippen LogP contribution is -2.30. The Labute approximate surface area is 99.4 Å². The zero-order chi connectivity index (χ0) is 12.3. The van der Waals surface area contributed by atoms with Crippen molar-refractivity contribution in [2.24, 2.45) is 5.84 Å². The van der Waals surface area contributed by atoms with Crippen LogP contribution in [0.3, 0.4) is 0 Å². The quantitative estimate of drug-likeness (QED) is 0.631. The molecule has 0 saturated heterocycles. The molecular weight excluding hydrogens is 219 g/mol. The van der Waals surface area contributed by atoms with Crippen LogP contribution in [0.4, 0.5) is 4.39 Å². The fourth-order valence-electron chi connectivity index (χ4n) is 1.92. The van der Waals surface area contributed by atoms with Gasteiger partial charge in [0.05, 0.1) is 12.3 Å². The summed E-state index contributed by atoms with van der Waals surface area (Å²) in [5, 5.41) is 0. The Bertz CT molecular complexity index is 482. The monoisotopic (exact) mass is 234 g/mol. The number of benzene rings is 1. The van der Waals surface area contributed by atoms with E-state index in [1.165, 1.54) is 12.1 Å². The van der Waals surface area contributed by atoms with Gasteiger partial charge in [-0.15, -0.1) is 0 Å². The van der Waals surface area contributed by atoms with Crippen molar-refractivity contribution in [1.29, 1.82) is 0 Å². The van der Waals surface area contributed by atoms with E-state index in [0.717, 1.165) is 16.9 Å². The highest BCUT2D eigenvalue weighted by Crippen LogP contribution is 2.22. The van der Waals surface area contributed by atoms with E-state index < -0.39 is 0 Å². The Balaban J connectivity index is 2.23. The number of furan rings is 1. The van der Waals surface area contributed by atoms with Gasteiger partial charge in [-0.3, -0.25) is 11.3 Å². The van der Waals surface area contributed by atoms with E-state index in [1.807, 2.05) is 19.1 Å². The third-order valence-electron chi connectivity index (χ3n) is 2.79. The first-order chi connectivity index (χ1) is 8.20. The highest BCUT2D eigenvalue weighted by atomic mass is 19.1. The molecule has 90 valence electrons. The lowest BCUT2D eigenvalue weighted by molar-refractivity contribution is 0.453. The molecule has 17 heavy (non-hydrogen) atoms. The third kappa shape index (κ3) is 2.72. The average Bonchev–Trinajstić information content (AvgIpc) is 2.79. The van der Waals surface area contributed by atoms with Gasteiger partial charge in [-0.1, -0.05) is 6.07 Å². The van der Waals surface area contributed by atoms with Crippen LogP contribution in [0.2, 0.25) is 0 Å². The molecule has 1 unspecified atom stereocenters. The smallest absolute Gasteiger partial charge is 0.123 e. The van der Waals surface area contributed by atoms with Gasteiger partial charge in [-0.25, -0.2) is 4.39 Å². The second-order valence-corrected chi connectivity index (χ2v) is 4.00. The van der Waals surface area contributed by atoms with Crippen LogP contribution >= 0.6 is 0 Å². The predicted octanol–water partition coefficient (Wildman–Crippen LogP) is 2.47. The number of aryl methyl sites for hydroxylation is 1. The predicted molar refractivity (Wildman–Crippen MR) is 63.6 cm³/mol. The lowest BCUT2D eigenvalue weighted by Gasteiger charge is -2.17. The summed E-state index contributed by atoms with van der Waals surface area (Å²) in [7, 11) is 0. The van der Waals surface area contributed by atoms with Crippen molar-refractivity contribution in [1.82, 2.24) is 5.43 Å². The molecule has 0 amide bonds. The van der Waals surface area contributed by atoms with E-state index in [4.69, 9.17) is 10.3 Å². The largest absolute Gasteiger partial charge is 0.469 e. The number of nitrogens with one attached hydrogen (secondary N) is 1. The number of hydrogen-bond acceptors (Lipinski definition) is 3. The molecule has 1 heterocycles. The van der Waals surface area contributed by atoms with Crippen molar-refractivity contribution in [3.63, 3.8) is 0 Å². The van der Waals surface area contributed by atoms with Crippen molar-refractivity contribution in [3.8, 4) is 0 Å². The van der Waals surface area contributed by atoms with Gasteiger partial charge in [0.25, 0.3) is 0 Å². The second-order valence-electron chi connectivity index (χ2n) is 4.00. The van der Waals surface area contributed by atoms with Gasteiger partial charge in [0.1, 0.15) is 11.6 Å². The van der Waals surface area contributed by atoms with Crippen molar-refractivity contribution >= 4 is 0 Å². The Kier molecular flexibility index (Phi) is 3.56. The van der Waals surface area contributed by atoms with Crippen LogP contribution in [0, 0.1) is 12.7 Å². The molecule has 0 aliphatic carbocycles. The topological polar surface area (TPSA) is 51.2 Å². The molecule has 0 saturated carbocycles. The number of halogens is 1. The van der Waals surface area contributed by atoms with Crippen molar-refractivity contribution < 1.29 is 8.81 Å². The summed E-state index contributed by atoms with van der Waals surface area (Å²) >= 11 is 0. The zero-order valence-electron chi connectivity index (χ0n) is 9.61. The first-order valence-electron chi connectivity index (χ1n) is 5.45. The van der Waals surface area contributed by atoms with Crippen molar-refractivity contribution in [3.05, 3.63) is 59.3 Å². The third-order valence-corrected chi connectivity index (χ3v) is 2.79. The van der Waals surface area contributed by atoms with Crippen LogP contribution in [0.1, 0.15) is 22.9 Å². The maximum atomic E-state index is 13.0. The number of nitrogens with two attached hydrogens (primary N) is 1. The first-order valence-corrected chi connectivity index (χ1v) is 5.45. The van der Waals surface area contributed by atoms with Gasteiger partial charge in [0.15, 0.2) is 0 Å². The van der Waals surface area contributed by atoms with Gasteiger partial charge in [0.2, 0.25) is 0 Å². The summed E-state index contributed by atoms with van der Waals surface area (Å²) in [6, 6.07) is 8.33. The van der Waals surface area contributed by atoms with Gasteiger partial charge < -0.3 is 4.42 Å². The van der Waals surface area contributed by atoms with E-state index in [9.17, 15) is 4.39 Å². The molecule has 1 aromatic carbocycles. The summed E-state index contributed by atoms with van der Waals surface area (Å²) in [6.45, 7) is 1.87. The molecule has 3 N–H and O–H groups in total. The van der Waals surface area contributed by atoms with Gasteiger partial charge in [-0.05, 0) is 42.3 Å². The van der Waals surface area contributed by atoms with Crippen molar-refractivity contribution in [2.45, 2.75) is 19.4 Å². The fraction of sp³-hybridized carbons (Fsp3) is 0.231. The summed E-state index contributed by atoms with van der Waals surface area (Å²) in [4.78, 5) is 0. The Hall–Kier alpha value is -1.65. The minimum absolute atomic E-state index is 0.0817. The van der Waals surface area contributed by atoms with Crippen LogP contribution in [0.25, 0.3) is 0 Å². The maximum absolute atomic E-state index is 13.0. The van der Waals surface area contributed by atoms with Crippen LogP contribution < -0.4 is 11.3 Å². The molecule has 3 nitrogen and oxygen atoms in total. The van der Waals surface area contributed by atoms with Crippen LogP contribution in [-0.2, 0) is 6.42 Å². The first kappa shape index (κ1) is 11.8. The molecule has 4 heteroatoms. The minimum Gasteiger partial charge on any atom is -0.469 e. The van der Waals surface area contributed by atoms with E-state index in [0.29, 0.717) is 6.42 Å². The molecular formula is C13H15FN2O. The molecule has 0 aliphatic heterocycles. The summed E-state index contributed by atoms with van der Waals surface area (Å²) < 4.78 is 18.3. The fourth-order valence-corrected chi connectivity index (χ4v) is 1.92. The van der Waals surface area contributed by atoms with Gasteiger partial charge in [0, 0.05) is 6.42 Å². The average molecular weight is 234 g/mol. The molecule has 1 aromatic heterocycles. The van der Waals surface area contributed by atoms with E-state index in [2.05, 4.69) is 5.43 Å². The normalized spacial score (nSPS) is 12.6. The second kappa shape index (κ2) is 5.12. The molecule has 0 bridgehead atoms. The zero-order valence-corrected chi connectivity index (χ0v) is 9.61. The molecule has 2 aromatic rings. The number of hydrogen-bond donors (Lipinski definition) is 2. The lowest BCUT2D eigenvalue weighted by atomic mass is 9.98. The highest BCUT2D eigenvalue weighted by Gasteiger charge is 2.14. The van der Waals surface area contributed by atoms with E-state index in [1.54, 1.807) is 12.3 Å². The number of hydrazine groups is 1. The highest BCUT2D eigenvalue weighted by molar-refractivity contribution is 5.30. The van der Waals surface area contributed by atoms with Gasteiger partial charge in [-0.2, -0.15) is 0 Å². The Morgan fingerprint density at radius 3 is 2.82 bits per heavy atom. The summed E-state index contributed by atoms with van der Waals surface area (Å²) in [6.07, 6.45) is 2.26. The molecule has 2 rings (SSSR count). The molecule has 0 spiro atoms. The number of rotatable bonds is 4. The van der Waals surface area contributed by atoms with E-state index in [-0.39, 0.29) is 11.9 Å². The minimum atomic E-state index is -0.236. The molecule has 0 aliphatic rings. The van der Waals surface area contributed by atoms with Crippen LogP contribution in [-0.4, -0.2) is 0 Å². The van der Waals surface area contributed by atoms with Crippen LogP contribution in [0.5, 0.6) is 0 Å². The Morgan fingerprint density at radius 1 is 1.41 bits per heavy atom. The van der Waals surface area contributed by atoms with Crippen LogP contribution in [0.15, 0.2) is 41.0 Å². The van der Waals surface area contributed by atoms with Crippen molar-refractivity contribution in [2.75, 3.05) is 0 Å².